The Kier molecular flexibility index (Phi) is 5.32. The summed E-state index contributed by atoms with van der Waals surface area (Å²) in [4.78, 5) is 15.1. The van der Waals surface area contributed by atoms with Gasteiger partial charge in [-0.3, -0.25) is 9.69 Å². The van der Waals surface area contributed by atoms with Crippen molar-refractivity contribution in [2.75, 3.05) is 39.4 Å². The van der Waals surface area contributed by atoms with Gasteiger partial charge >= 0.3 is 0 Å². The van der Waals surface area contributed by atoms with Crippen LogP contribution in [0.25, 0.3) is 17.1 Å². The van der Waals surface area contributed by atoms with Gasteiger partial charge in [0, 0.05) is 32.2 Å². The number of hydrogen-bond acceptors (Lipinski definition) is 5. The van der Waals surface area contributed by atoms with Gasteiger partial charge in [0.15, 0.2) is 5.76 Å². The smallest absolute Gasteiger partial charge is 0.270 e. The van der Waals surface area contributed by atoms with E-state index in [0.717, 1.165) is 38.5 Å². The maximum atomic E-state index is 12.8. The molecule has 3 heterocycles. The molecule has 1 saturated heterocycles. The number of morpholine rings is 1. The monoisotopic (exact) mass is 366 g/mol. The van der Waals surface area contributed by atoms with Gasteiger partial charge in [-0.05, 0) is 24.3 Å². The lowest BCUT2D eigenvalue weighted by atomic mass is 10.2. The minimum Gasteiger partial charge on any atom is -0.463 e. The molecular formula is C20H22N4O3. The Morgan fingerprint density at radius 2 is 1.93 bits per heavy atom. The average molecular weight is 366 g/mol. The molecule has 4 rings (SSSR count). The minimum absolute atomic E-state index is 0.155. The molecule has 7 nitrogen and oxygen atoms in total. The molecule has 7 heteroatoms. The van der Waals surface area contributed by atoms with Crippen LogP contribution in [0.5, 0.6) is 0 Å². The average Bonchev–Trinajstić information content (AvgIpc) is 3.39. The number of rotatable bonds is 6. The minimum atomic E-state index is -0.155. The van der Waals surface area contributed by atoms with E-state index in [0.29, 0.717) is 23.7 Å². The quantitative estimate of drug-likeness (QED) is 0.724. The van der Waals surface area contributed by atoms with Crippen molar-refractivity contribution in [3.05, 3.63) is 60.5 Å². The third-order valence-corrected chi connectivity index (χ3v) is 4.53. The molecule has 0 aliphatic carbocycles. The fourth-order valence-electron chi connectivity index (χ4n) is 3.10. The summed E-state index contributed by atoms with van der Waals surface area (Å²) in [6, 6.07) is 15.0. The molecule has 1 fully saturated rings. The first-order valence-corrected chi connectivity index (χ1v) is 9.09. The fraction of sp³-hybridized carbons (Fsp3) is 0.300. The molecule has 0 atom stereocenters. The number of furan rings is 1. The summed E-state index contributed by atoms with van der Waals surface area (Å²) >= 11 is 0. The molecule has 140 valence electrons. The Balaban J connectivity index is 1.52. The standard InChI is InChI=1S/C20H22N4O3/c25-20(21-8-9-23-10-13-26-14-11-23)18-15-17(19-7-4-12-27-19)22-24(18)16-5-2-1-3-6-16/h1-7,12,15H,8-11,13-14H2,(H,21,25). The number of amides is 1. The van der Waals surface area contributed by atoms with Crippen LogP contribution in [0.1, 0.15) is 10.5 Å². The van der Waals surface area contributed by atoms with Crippen molar-refractivity contribution >= 4 is 5.91 Å². The van der Waals surface area contributed by atoms with E-state index in [4.69, 9.17) is 9.15 Å². The highest BCUT2D eigenvalue weighted by Gasteiger charge is 2.19. The number of ether oxygens (including phenoxy) is 1. The second-order valence-electron chi connectivity index (χ2n) is 6.35. The topological polar surface area (TPSA) is 72.5 Å². The van der Waals surface area contributed by atoms with Crippen LogP contribution in [-0.2, 0) is 4.74 Å². The molecule has 0 radical (unpaired) electrons. The van der Waals surface area contributed by atoms with Crippen LogP contribution in [0, 0.1) is 0 Å². The molecule has 1 aliphatic rings. The lowest BCUT2D eigenvalue weighted by Gasteiger charge is -2.26. The predicted octanol–water partition coefficient (Wildman–Crippen LogP) is 2.19. The number of aromatic nitrogens is 2. The van der Waals surface area contributed by atoms with Crippen molar-refractivity contribution in [3.8, 4) is 17.1 Å². The Morgan fingerprint density at radius 3 is 2.67 bits per heavy atom. The number of carbonyl (C=O) groups is 1. The third-order valence-electron chi connectivity index (χ3n) is 4.53. The van der Waals surface area contributed by atoms with E-state index in [1.54, 1.807) is 23.1 Å². The van der Waals surface area contributed by atoms with Crippen molar-refractivity contribution < 1.29 is 13.9 Å². The third kappa shape index (κ3) is 4.10. The molecular weight excluding hydrogens is 344 g/mol. The van der Waals surface area contributed by atoms with Crippen molar-refractivity contribution in [2.45, 2.75) is 0 Å². The Labute approximate surface area is 157 Å². The maximum Gasteiger partial charge on any atom is 0.270 e. The zero-order chi connectivity index (χ0) is 18.5. The Hall–Kier alpha value is -2.90. The molecule has 27 heavy (non-hydrogen) atoms. The van der Waals surface area contributed by atoms with Gasteiger partial charge < -0.3 is 14.5 Å². The zero-order valence-corrected chi connectivity index (χ0v) is 15.0. The second-order valence-corrected chi connectivity index (χ2v) is 6.35. The van der Waals surface area contributed by atoms with Gasteiger partial charge in [-0.2, -0.15) is 5.10 Å². The first-order chi connectivity index (χ1) is 13.3. The van der Waals surface area contributed by atoms with Gasteiger partial charge in [0.1, 0.15) is 11.4 Å². The van der Waals surface area contributed by atoms with Crippen LogP contribution in [-0.4, -0.2) is 60.0 Å². The van der Waals surface area contributed by atoms with Crippen LogP contribution in [0.15, 0.2) is 59.2 Å². The highest BCUT2D eigenvalue weighted by molar-refractivity contribution is 5.94. The highest BCUT2D eigenvalue weighted by Crippen LogP contribution is 2.22. The Morgan fingerprint density at radius 1 is 1.11 bits per heavy atom. The van der Waals surface area contributed by atoms with Gasteiger partial charge in [-0.15, -0.1) is 0 Å². The van der Waals surface area contributed by atoms with Gasteiger partial charge in [0.25, 0.3) is 5.91 Å². The largest absolute Gasteiger partial charge is 0.463 e. The van der Waals surface area contributed by atoms with E-state index in [2.05, 4.69) is 15.3 Å². The van der Waals surface area contributed by atoms with Crippen LogP contribution >= 0.6 is 0 Å². The summed E-state index contributed by atoms with van der Waals surface area (Å²) < 4.78 is 12.4. The zero-order valence-electron chi connectivity index (χ0n) is 15.0. The summed E-state index contributed by atoms with van der Waals surface area (Å²) in [7, 11) is 0. The summed E-state index contributed by atoms with van der Waals surface area (Å²) in [6.45, 7) is 4.69. The number of hydrogen-bond donors (Lipinski definition) is 1. The van der Waals surface area contributed by atoms with Gasteiger partial charge in [0.05, 0.1) is 25.2 Å². The number of benzene rings is 1. The van der Waals surface area contributed by atoms with Gasteiger partial charge in [-0.25, -0.2) is 4.68 Å². The first kappa shape index (κ1) is 17.5. The Bertz CT molecular complexity index is 868. The van der Waals surface area contributed by atoms with Crippen molar-refractivity contribution in [1.29, 1.82) is 0 Å². The van der Waals surface area contributed by atoms with E-state index in [9.17, 15) is 4.79 Å². The molecule has 1 aliphatic heterocycles. The first-order valence-electron chi connectivity index (χ1n) is 9.09. The van der Waals surface area contributed by atoms with Crippen molar-refractivity contribution in [3.63, 3.8) is 0 Å². The van der Waals surface area contributed by atoms with Gasteiger partial charge in [0.2, 0.25) is 0 Å². The van der Waals surface area contributed by atoms with E-state index in [1.165, 1.54) is 0 Å². The summed E-state index contributed by atoms with van der Waals surface area (Å²) in [5, 5.41) is 7.58. The normalized spacial score (nSPS) is 15.0. The highest BCUT2D eigenvalue weighted by atomic mass is 16.5. The maximum absolute atomic E-state index is 12.8. The molecule has 1 amide bonds. The molecule has 0 saturated carbocycles. The van der Waals surface area contributed by atoms with Crippen LogP contribution in [0.4, 0.5) is 0 Å². The fourth-order valence-corrected chi connectivity index (χ4v) is 3.10. The summed E-state index contributed by atoms with van der Waals surface area (Å²) in [6.07, 6.45) is 1.60. The van der Waals surface area contributed by atoms with E-state index in [1.807, 2.05) is 36.4 Å². The molecule has 0 unspecified atom stereocenters. The summed E-state index contributed by atoms with van der Waals surface area (Å²) in [5.41, 5.74) is 1.94. The molecule has 1 N–H and O–H groups in total. The molecule has 0 bridgehead atoms. The van der Waals surface area contributed by atoms with E-state index >= 15 is 0 Å². The number of nitrogens with one attached hydrogen (secondary N) is 1. The second kappa shape index (κ2) is 8.20. The number of carbonyl (C=O) groups excluding carboxylic acids is 1. The molecule has 1 aromatic carbocycles. The van der Waals surface area contributed by atoms with Crippen molar-refractivity contribution in [1.82, 2.24) is 20.0 Å². The van der Waals surface area contributed by atoms with Crippen LogP contribution in [0.2, 0.25) is 0 Å². The molecule has 0 spiro atoms. The lowest BCUT2D eigenvalue weighted by Crippen LogP contribution is -2.41. The predicted molar refractivity (Wildman–Crippen MR) is 101 cm³/mol. The molecule has 2 aromatic heterocycles. The number of nitrogens with zero attached hydrogens (tertiary/aromatic N) is 3. The number of para-hydroxylation sites is 1. The SMILES string of the molecule is O=C(NCCN1CCOCC1)c1cc(-c2ccco2)nn1-c1ccccc1. The summed E-state index contributed by atoms with van der Waals surface area (Å²) in [5.74, 6) is 0.476. The lowest BCUT2D eigenvalue weighted by molar-refractivity contribution is 0.0383. The van der Waals surface area contributed by atoms with Crippen LogP contribution in [0.3, 0.4) is 0 Å². The van der Waals surface area contributed by atoms with E-state index < -0.39 is 0 Å². The van der Waals surface area contributed by atoms with Crippen LogP contribution < -0.4 is 5.32 Å². The van der Waals surface area contributed by atoms with Gasteiger partial charge in [-0.1, -0.05) is 18.2 Å². The van der Waals surface area contributed by atoms with E-state index in [-0.39, 0.29) is 5.91 Å². The molecule has 3 aromatic rings. The van der Waals surface area contributed by atoms with Crippen molar-refractivity contribution in [2.24, 2.45) is 0 Å².